The molecule has 3 aromatic rings. The largest absolute Gasteiger partial charge is 0.358 e. The molecule has 4 rings (SSSR count). The first-order valence-electron chi connectivity index (χ1n) is 11.5. The van der Waals surface area contributed by atoms with Gasteiger partial charge < -0.3 is 20.5 Å². The summed E-state index contributed by atoms with van der Waals surface area (Å²) in [5.74, 6) is 1.89. The molecule has 1 atom stereocenters. The number of amides is 1. The van der Waals surface area contributed by atoms with Gasteiger partial charge in [-0.3, -0.25) is 4.79 Å². The third-order valence-electron chi connectivity index (χ3n) is 6.13. The second kappa shape index (κ2) is 11.0. The zero-order chi connectivity index (χ0) is 23.9. The average molecular weight is 478 g/mol. The Kier molecular flexibility index (Phi) is 7.65. The highest BCUT2D eigenvalue weighted by molar-refractivity contribution is 6.31. The molecule has 0 spiro atoms. The summed E-state index contributed by atoms with van der Waals surface area (Å²) in [7, 11) is 1.77. The minimum Gasteiger partial charge on any atom is -0.358 e. The molecular weight excluding hydrogens is 450 g/mol. The van der Waals surface area contributed by atoms with Gasteiger partial charge in [0.2, 0.25) is 11.9 Å². The molecule has 2 heterocycles. The van der Waals surface area contributed by atoms with Crippen LogP contribution in [0.2, 0.25) is 5.02 Å². The van der Waals surface area contributed by atoms with E-state index in [9.17, 15) is 4.79 Å². The predicted octanol–water partition coefficient (Wildman–Crippen LogP) is 5.19. The zero-order valence-electron chi connectivity index (χ0n) is 19.1. The maximum absolute atomic E-state index is 13.4. The van der Waals surface area contributed by atoms with Crippen molar-refractivity contribution in [3.05, 3.63) is 70.8 Å². The molecule has 1 aliphatic rings. The van der Waals surface area contributed by atoms with Gasteiger partial charge in [0, 0.05) is 37.1 Å². The fourth-order valence-corrected chi connectivity index (χ4v) is 4.55. The molecule has 1 fully saturated rings. The second-order valence-electron chi connectivity index (χ2n) is 8.40. The van der Waals surface area contributed by atoms with Crippen molar-refractivity contribution < 1.29 is 4.79 Å². The lowest BCUT2D eigenvalue weighted by Gasteiger charge is -2.30. The lowest BCUT2D eigenvalue weighted by molar-refractivity contribution is -0.123. The van der Waals surface area contributed by atoms with Crippen LogP contribution in [0.1, 0.15) is 37.7 Å². The normalized spacial score (nSPS) is 14.7. The smallest absolute Gasteiger partial charge is 0.243 e. The number of carbonyl (C=O) groups is 1. The zero-order valence-corrected chi connectivity index (χ0v) is 19.8. The fourth-order valence-electron chi connectivity index (χ4n) is 4.31. The van der Waals surface area contributed by atoms with Crippen LogP contribution < -0.4 is 16.0 Å². The Morgan fingerprint density at radius 3 is 2.65 bits per heavy atom. The molecule has 0 unspecified atom stereocenters. The maximum Gasteiger partial charge on any atom is 0.243 e. The molecule has 8 nitrogen and oxygen atoms in total. The van der Waals surface area contributed by atoms with Crippen molar-refractivity contribution in [2.75, 3.05) is 17.7 Å². The molecule has 0 saturated heterocycles. The van der Waals surface area contributed by atoms with E-state index in [1.165, 1.54) is 6.42 Å². The van der Waals surface area contributed by atoms with E-state index < -0.39 is 6.04 Å². The number of nitrogens with zero attached hydrogens (tertiary/aromatic N) is 4. The van der Waals surface area contributed by atoms with Gasteiger partial charge in [-0.15, -0.1) is 0 Å². The Morgan fingerprint density at radius 2 is 1.97 bits per heavy atom. The highest BCUT2D eigenvalue weighted by Crippen LogP contribution is 2.29. The quantitative estimate of drug-likeness (QED) is 0.388. The van der Waals surface area contributed by atoms with Gasteiger partial charge in [0.05, 0.1) is 6.57 Å². The predicted molar refractivity (Wildman–Crippen MR) is 134 cm³/mol. The van der Waals surface area contributed by atoms with E-state index in [0.717, 1.165) is 31.2 Å². The Morgan fingerprint density at radius 1 is 1.21 bits per heavy atom. The first-order valence-corrected chi connectivity index (χ1v) is 11.9. The van der Waals surface area contributed by atoms with Gasteiger partial charge in [-0.05, 0) is 42.5 Å². The Bertz CT molecular complexity index is 1170. The van der Waals surface area contributed by atoms with Crippen molar-refractivity contribution in [1.29, 1.82) is 0 Å². The van der Waals surface area contributed by atoms with E-state index in [2.05, 4.69) is 30.8 Å². The van der Waals surface area contributed by atoms with E-state index in [4.69, 9.17) is 18.2 Å². The summed E-state index contributed by atoms with van der Waals surface area (Å²) in [6, 6.07) is 10.4. The molecular formula is C25H28ClN7O. The van der Waals surface area contributed by atoms with Crippen molar-refractivity contribution >= 4 is 35.0 Å². The van der Waals surface area contributed by atoms with Crippen LogP contribution in [-0.4, -0.2) is 33.5 Å². The standard InChI is InChI=1S/C25H28ClN7O/c1-27-19-11-10-18(20(26)14-19)16-29-24(34)23(17-8-4-3-5-9-17)30-21-15-22(32-25(28-2)31-21)33-12-6-7-13-33/h6-7,10-15,17,23H,3-5,8-9,16H2,2H3,(H,29,34)(H2,28,30,31,32)/t23-/m1/s1. The van der Waals surface area contributed by atoms with E-state index in [1.54, 1.807) is 25.2 Å². The Hall–Kier alpha value is -3.57. The second-order valence-corrected chi connectivity index (χ2v) is 8.81. The number of hydrogen-bond donors (Lipinski definition) is 3. The van der Waals surface area contributed by atoms with Gasteiger partial charge in [-0.1, -0.05) is 43.0 Å². The van der Waals surface area contributed by atoms with Gasteiger partial charge >= 0.3 is 0 Å². The van der Waals surface area contributed by atoms with Crippen molar-refractivity contribution in [2.24, 2.45) is 5.92 Å². The Labute approximate surface area is 204 Å². The van der Waals surface area contributed by atoms with Crippen molar-refractivity contribution in [3.8, 4) is 5.82 Å². The summed E-state index contributed by atoms with van der Waals surface area (Å²) in [5, 5.41) is 9.92. The van der Waals surface area contributed by atoms with E-state index in [0.29, 0.717) is 34.8 Å². The molecule has 0 aliphatic heterocycles. The maximum atomic E-state index is 13.4. The number of nitrogens with one attached hydrogen (secondary N) is 3. The molecule has 2 aromatic heterocycles. The number of carbonyl (C=O) groups excluding carboxylic acids is 1. The number of rotatable bonds is 8. The van der Waals surface area contributed by atoms with Crippen molar-refractivity contribution in [3.63, 3.8) is 0 Å². The van der Waals surface area contributed by atoms with Gasteiger partial charge in [0.15, 0.2) is 5.69 Å². The van der Waals surface area contributed by atoms with Crippen LogP contribution in [0.15, 0.2) is 48.8 Å². The number of benzene rings is 1. The summed E-state index contributed by atoms with van der Waals surface area (Å²) in [5.41, 5.74) is 1.25. The van der Waals surface area contributed by atoms with Gasteiger partial charge in [-0.2, -0.15) is 9.97 Å². The summed E-state index contributed by atoms with van der Waals surface area (Å²) in [4.78, 5) is 25.9. The van der Waals surface area contributed by atoms with Crippen LogP contribution in [-0.2, 0) is 11.3 Å². The summed E-state index contributed by atoms with van der Waals surface area (Å²) in [6.45, 7) is 7.41. The topological polar surface area (TPSA) is 88.2 Å². The molecule has 0 radical (unpaired) electrons. The highest BCUT2D eigenvalue weighted by Gasteiger charge is 2.30. The first kappa shape index (κ1) is 23.6. The third-order valence-corrected chi connectivity index (χ3v) is 6.48. The summed E-state index contributed by atoms with van der Waals surface area (Å²) in [6.07, 6.45) is 9.23. The fraction of sp³-hybridized carbons (Fsp3) is 0.360. The Balaban J connectivity index is 1.55. The van der Waals surface area contributed by atoms with Crippen molar-refractivity contribution in [2.45, 2.75) is 44.7 Å². The minimum atomic E-state index is -0.432. The van der Waals surface area contributed by atoms with Crippen molar-refractivity contribution in [1.82, 2.24) is 19.9 Å². The van der Waals surface area contributed by atoms with Gasteiger partial charge in [0.25, 0.3) is 0 Å². The molecule has 1 saturated carbocycles. The highest BCUT2D eigenvalue weighted by atomic mass is 35.5. The third kappa shape index (κ3) is 5.67. The SMILES string of the molecule is [C-]#[N+]c1ccc(CNC(=O)[C@H](Nc2cc(-n3cccc3)nc(NC)n2)C2CCCCC2)c(Cl)c1. The molecule has 176 valence electrons. The first-order chi connectivity index (χ1) is 16.6. The molecule has 1 aromatic carbocycles. The van der Waals surface area contributed by atoms with Crippen LogP contribution in [0.25, 0.3) is 10.7 Å². The number of halogens is 1. The molecule has 9 heteroatoms. The van der Waals surface area contributed by atoms with Crippen LogP contribution in [0.4, 0.5) is 17.5 Å². The summed E-state index contributed by atoms with van der Waals surface area (Å²) >= 11 is 6.31. The minimum absolute atomic E-state index is 0.0932. The van der Waals surface area contributed by atoms with Gasteiger partial charge in [0.1, 0.15) is 17.7 Å². The van der Waals surface area contributed by atoms with Crippen LogP contribution in [0.3, 0.4) is 0 Å². The monoisotopic (exact) mass is 477 g/mol. The average Bonchev–Trinajstić information content (AvgIpc) is 3.42. The van der Waals surface area contributed by atoms with Crippen LogP contribution in [0.5, 0.6) is 0 Å². The molecule has 34 heavy (non-hydrogen) atoms. The lowest BCUT2D eigenvalue weighted by atomic mass is 9.83. The van der Waals surface area contributed by atoms with Gasteiger partial charge in [-0.25, -0.2) is 4.85 Å². The molecule has 0 bridgehead atoms. The van der Waals surface area contributed by atoms with E-state index >= 15 is 0 Å². The number of aromatic nitrogens is 3. The number of anilines is 2. The van der Waals surface area contributed by atoms with Crippen LogP contribution in [0, 0.1) is 12.5 Å². The molecule has 3 N–H and O–H groups in total. The molecule has 1 amide bonds. The number of hydrogen-bond acceptors (Lipinski definition) is 5. The van der Waals surface area contributed by atoms with E-state index in [-0.39, 0.29) is 11.8 Å². The molecule has 1 aliphatic carbocycles. The van der Waals surface area contributed by atoms with E-state index in [1.807, 2.05) is 35.2 Å². The summed E-state index contributed by atoms with van der Waals surface area (Å²) < 4.78 is 1.90. The lowest BCUT2D eigenvalue weighted by Crippen LogP contribution is -2.45. The van der Waals surface area contributed by atoms with Crippen LogP contribution >= 0.6 is 11.6 Å².